The Morgan fingerprint density at radius 1 is 0.947 bits per heavy atom. The van der Waals surface area contributed by atoms with Crippen molar-refractivity contribution in [2.24, 2.45) is 0 Å². The predicted octanol–water partition coefficient (Wildman–Crippen LogP) is 3.30. The quantitative estimate of drug-likeness (QED) is 0.645. The normalized spacial score (nSPS) is 10.0. The summed E-state index contributed by atoms with van der Waals surface area (Å²) in [7, 11) is 0. The number of hydrogen-bond donors (Lipinski definition) is 2. The Morgan fingerprint density at radius 3 is 2.32 bits per heavy atom. The number of anilines is 3. The van der Waals surface area contributed by atoms with Crippen molar-refractivity contribution in [3.63, 3.8) is 0 Å². The van der Waals surface area contributed by atoms with E-state index in [0.717, 1.165) is 0 Å². The zero-order chi connectivity index (χ0) is 14.0. The van der Waals surface area contributed by atoms with Gasteiger partial charge in [0.2, 0.25) is 0 Å². The van der Waals surface area contributed by atoms with Gasteiger partial charge in [-0.05, 0) is 18.2 Å². The van der Waals surface area contributed by atoms with Gasteiger partial charge < -0.3 is 11.1 Å². The summed E-state index contributed by atoms with van der Waals surface area (Å²) in [6, 6.07) is 7.34. The first-order valence-corrected chi connectivity index (χ1v) is 5.22. The average molecular weight is 263 g/mol. The molecule has 0 saturated heterocycles. The van der Waals surface area contributed by atoms with Crippen LogP contribution in [0.15, 0.2) is 30.3 Å². The van der Waals surface area contributed by atoms with E-state index in [2.05, 4.69) is 5.32 Å². The lowest BCUT2D eigenvalue weighted by atomic mass is 10.1. The summed E-state index contributed by atoms with van der Waals surface area (Å²) in [5, 5.41) is 11.3. The fourth-order valence-electron chi connectivity index (χ4n) is 1.50. The standard InChI is InChI=1S/C13H8F3N3/c14-8-4-10(16)12(5-9(8)15)19-13-3-7(6-17)1-2-11(13)18/h1-5,19H,18H2. The van der Waals surface area contributed by atoms with Crippen LogP contribution in [0.3, 0.4) is 0 Å². The molecule has 2 rings (SSSR count). The molecule has 0 aliphatic carbocycles. The van der Waals surface area contributed by atoms with Crippen LogP contribution in [0.4, 0.5) is 30.2 Å². The van der Waals surface area contributed by atoms with E-state index in [4.69, 9.17) is 11.0 Å². The first-order chi connectivity index (χ1) is 9.01. The molecule has 2 aromatic rings. The third-order valence-electron chi connectivity index (χ3n) is 2.46. The zero-order valence-corrected chi connectivity index (χ0v) is 9.55. The van der Waals surface area contributed by atoms with Crippen molar-refractivity contribution in [2.45, 2.75) is 0 Å². The van der Waals surface area contributed by atoms with Crippen molar-refractivity contribution in [2.75, 3.05) is 11.1 Å². The number of halogens is 3. The number of nitrogens with two attached hydrogens (primary N) is 1. The van der Waals surface area contributed by atoms with Gasteiger partial charge in [0.05, 0.1) is 28.7 Å². The maximum absolute atomic E-state index is 13.5. The van der Waals surface area contributed by atoms with E-state index >= 15 is 0 Å². The molecule has 0 bridgehead atoms. The molecule has 0 unspecified atom stereocenters. The number of nitrogens with zero attached hydrogens (tertiary/aromatic N) is 1. The average Bonchev–Trinajstić information content (AvgIpc) is 2.38. The zero-order valence-electron chi connectivity index (χ0n) is 9.55. The largest absolute Gasteiger partial charge is 0.397 e. The van der Waals surface area contributed by atoms with Gasteiger partial charge in [0.25, 0.3) is 0 Å². The van der Waals surface area contributed by atoms with Gasteiger partial charge in [-0.15, -0.1) is 0 Å². The van der Waals surface area contributed by atoms with E-state index in [1.54, 1.807) is 0 Å². The Bertz CT molecular complexity index is 678. The van der Waals surface area contributed by atoms with Gasteiger partial charge in [0.15, 0.2) is 11.6 Å². The Balaban J connectivity index is 2.42. The smallest absolute Gasteiger partial charge is 0.161 e. The Labute approximate surface area is 107 Å². The van der Waals surface area contributed by atoms with E-state index in [1.165, 1.54) is 18.2 Å². The van der Waals surface area contributed by atoms with Crippen LogP contribution >= 0.6 is 0 Å². The van der Waals surface area contributed by atoms with Crippen molar-refractivity contribution in [3.8, 4) is 6.07 Å². The Morgan fingerprint density at radius 2 is 1.63 bits per heavy atom. The van der Waals surface area contributed by atoms with Gasteiger partial charge >= 0.3 is 0 Å². The molecule has 3 N–H and O–H groups in total. The predicted molar refractivity (Wildman–Crippen MR) is 65.2 cm³/mol. The molecule has 0 radical (unpaired) electrons. The molecule has 0 aromatic heterocycles. The molecule has 0 spiro atoms. The molecule has 0 aliphatic heterocycles. The number of hydrogen-bond acceptors (Lipinski definition) is 3. The van der Waals surface area contributed by atoms with Crippen molar-refractivity contribution in [3.05, 3.63) is 53.3 Å². The number of rotatable bonds is 2. The van der Waals surface area contributed by atoms with E-state index in [0.29, 0.717) is 17.7 Å². The minimum absolute atomic E-state index is 0.240. The molecule has 0 atom stereocenters. The number of nitrogens with one attached hydrogen (secondary N) is 1. The molecule has 0 fully saturated rings. The van der Waals surface area contributed by atoms with E-state index in [-0.39, 0.29) is 17.1 Å². The van der Waals surface area contributed by atoms with Gasteiger partial charge in [-0.25, -0.2) is 13.2 Å². The molecule has 0 heterocycles. The summed E-state index contributed by atoms with van der Waals surface area (Å²) in [5.74, 6) is -3.42. The second-order valence-electron chi connectivity index (χ2n) is 3.78. The highest BCUT2D eigenvalue weighted by Crippen LogP contribution is 2.27. The molecule has 3 nitrogen and oxygen atoms in total. The fraction of sp³-hybridized carbons (Fsp3) is 0. The lowest BCUT2D eigenvalue weighted by Crippen LogP contribution is -2.00. The molecular formula is C13H8F3N3. The maximum Gasteiger partial charge on any atom is 0.161 e. The SMILES string of the molecule is N#Cc1ccc(N)c(Nc2cc(F)c(F)cc2F)c1. The lowest BCUT2D eigenvalue weighted by molar-refractivity contribution is 0.496. The molecule has 0 amide bonds. The first kappa shape index (κ1) is 12.8. The summed E-state index contributed by atoms with van der Waals surface area (Å²) >= 11 is 0. The Hall–Kier alpha value is -2.68. The van der Waals surface area contributed by atoms with Crippen LogP contribution in [-0.4, -0.2) is 0 Å². The van der Waals surface area contributed by atoms with E-state index < -0.39 is 17.5 Å². The summed E-state index contributed by atoms with van der Waals surface area (Å²) in [4.78, 5) is 0. The topological polar surface area (TPSA) is 61.8 Å². The molecule has 19 heavy (non-hydrogen) atoms. The van der Waals surface area contributed by atoms with Crippen LogP contribution in [-0.2, 0) is 0 Å². The number of benzene rings is 2. The highest BCUT2D eigenvalue weighted by molar-refractivity contribution is 5.74. The first-order valence-electron chi connectivity index (χ1n) is 5.22. The van der Waals surface area contributed by atoms with Crippen LogP contribution in [0, 0.1) is 28.8 Å². The summed E-state index contributed by atoms with van der Waals surface area (Å²) in [6.07, 6.45) is 0. The van der Waals surface area contributed by atoms with Crippen LogP contribution in [0.5, 0.6) is 0 Å². The minimum Gasteiger partial charge on any atom is -0.397 e. The molecule has 0 saturated carbocycles. The van der Waals surface area contributed by atoms with Crippen molar-refractivity contribution >= 4 is 17.1 Å². The van der Waals surface area contributed by atoms with Crippen LogP contribution in [0.2, 0.25) is 0 Å². The fourth-order valence-corrected chi connectivity index (χ4v) is 1.50. The maximum atomic E-state index is 13.5. The van der Waals surface area contributed by atoms with Gasteiger partial charge in [-0.2, -0.15) is 5.26 Å². The van der Waals surface area contributed by atoms with Crippen molar-refractivity contribution in [1.82, 2.24) is 0 Å². The lowest BCUT2D eigenvalue weighted by Gasteiger charge is -2.10. The molecule has 96 valence electrons. The third-order valence-corrected chi connectivity index (χ3v) is 2.46. The van der Waals surface area contributed by atoms with Crippen LogP contribution in [0.25, 0.3) is 0 Å². The van der Waals surface area contributed by atoms with Crippen molar-refractivity contribution < 1.29 is 13.2 Å². The van der Waals surface area contributed by atoms with Gasteiger partial charge in [0.1, 0.15) is 5.82 Å². The van der Waals surface area contributed by atoms with E-state index in [1.807, 2.05) is 6.07 Å². The van der Waals surface area contributed by atoms with E-state index in [9.17, 15) is 13.2 Å². The molecule has 6 heteroatoms. The highest BCUT2D eigenvalue weighted by atomic mass is 19.2. The van der Waals surface area contributed by atoms with Crippen LogP contribution < -0.4 is 11.1 Å². The molecule has 0 aliphatic rings. The second kappa shape index (κ2) is 4.90. The summed E-state index contributed by atoms with van der Waals surface area (Å²) in [6.45, 7) is 0. The van der Waals surface area contributed by atoms with Crippen molar-refractivity contribution in [1.29, 1.82) is 5.26 Å². The molecule has 2 aromatic carbocycles. The van der Waals surface area contributed by atoms with Gasteiger partial charge in [-0.3, -0.25) is 0 Å². The number of nitriles is 1. The number of nitrogen functional groups attached to an aromatic ring is 1. The van der Waals surface area contributed by atoms with Crippen LogP contribution in [0.1, 0.15) is 5.56 Å². The summed E-state index contributed by atoms with van der Waals surface area (Å²) < 4.78 is 39.3. The Kier molecular flexibility index (Phi) is 3.29. The third kappa shape index (κ3) is 2.60. The highest BCUT2D eigenvalue weighted by Gasteiger charge is 2.11. The van der Waals surface area contributed by atoms with Gasteiger partial charge in [-0.1, -0.05) is 0 Å². The monoisotopic (exact) mass is 263 g/mol. The van der Waals surface area contributed by atoms with Gasteiger partial charge in [0, 0.05) is 12.1 Å². The minimum atomic E-state index is -1.28. The second-order valence-corrected chi connectivity index (χ2v) is 3.78. The molecular weight excluding hydrogens is 255 g/mol. The summed E-state index contributed by atoms with van der Waals surface area (Å²) in [5.41, 5.74) is 6.18.